The van der Waals surface area contributed by atoms with Crippen LogP contribution in [-0.2, 0) is 0 Å². The average molecular weight is 180 g/mol. The molecule has 0 aromatic carbocycles. The molecule has 0 bridgehead atoms. The van der Waals surface area contributed by atoms with E-state index in [-0.39, 0.29) is 12.1 Å². The fourth-order valence-corrected chi connectivity index (χ4v) is 2.02. The third-order valence-electron chi connectivity index (χ3n) is 2.78. The van der Waals surface area contributed by atoms with Crippen LogP contribution in [0.15, 0.2) is 12.4 Å². The van der Waals surface area contributed by atoms with Gasteiger partial charge in [-0.3, -0.25) is 0 Å². The molecule has 3 heteroatoms. The van der Waals surface area contributed by atoms with E-state index in [0.29, 0.717) is 0 Å². The largest absolute Gasteiger partial charge is 0.391 e. The lowest BCUT2D eigenvalue weighted by Gasteiger charge is -2.34. The van der Waals surface area contributed by atoms with Crippen LogP contribution in [0.4, 0.5) is 0 Å². The first kappa shape index (κ1) is 8.88. The van der Waals surface area contributed by atoms with Gasteiger partial charge in [0.15, 0.2) is 0 Å². The van der Waals surface area contributed by atoms with Crippen molar-refractivity contribution in [2.45, 2.75) is 37.8 Å². The Hall–Kier alpha value is -0.700. The highest BCUT2D eigenvalue weighted by atomic mass is 16.3. The van der Waals surface area contributed by atoms with Crippen molar-refractivity contribution in [2.75, 3.05) is 7.05 Å². The summed E-state index contributed by atoms with van der Waals surface area (Å²) in [5.41, 5.74) is 0. The summed E-state index contributed by atoms with van der Waals surface area (Å²) in [4.78, 5) is 3.89. The van der Waals surface area contributed by atoms with Crippen LogP contribution in [0.5, 0.6) is 0 Å². The van der Waals surface area contributed by atoms with E-state index in [2.05, 4.69) is 6.67 Å². The molecule has 1 aliphatic carbocycles. The predicted octanol–water partition coefficient (Wildman–Crippen LogP) is 1.00. The Morgan fingerprint density at radius 3 is 2.69 bits per heavy atom. The van der Waals surface area contributed by atoms with Crippen LogP contribution >= 0.6 is 0 Å². The molecule has 0 spiro atoms. The molecule has 2 radical (unpaired) electrons. The van der Waals surface area contributed by atoms with E-state index in [1.807, 2.05) is 29.2 Å². The maximum Gasteiger partial charge on any atom is 0.207 e. The van der Waals surface area contributed by atoms with Crippen molar-refractivity contribution in [1.29, 1.82) is 0 Å². The highest BCUT2D eigenvalue weighted by Crippen LogP contribution is 2.26. The van der Waals surface area contributed by atoms with E-state index >= 15 is 0 Å². The molecule has 3 nitrogen and oxygen atoms in total. The molecule has 0 aromatic rings. The van der Waals surface area contributed by atoms with Gasteiger partial charge in [-0.15, -0.1) is 0 Å². The van der Waals surface area contributed by atoms with Gasteiger partial charge in [0, 0.05) is 19.4 Å². The average Bonchev–Trinajstić information content (AvgIpc) is 2.53. The van der Waals surface area contributed by atoms with Gasteiger partial charge < -0.3 is 14.9 Å². The maximum atomic E-state index is 9.78. The fourth-order valence-electron chi connectivity index (χ4n) is 2.02. The van der Waals surface area contributed by atoms with E-state index in [1.54, 1.807) is 0 Å². The smallest absolute Gasteiger partial charge is 0.207 e. The van der Waals surface area contributed by atoms with Gasteiger partial charge in [0.25, 0.3) is 0 Å². The van der Waals surface area contributed by atoms with Crippen LogP contribution in [0.2, 0.25) is 0 Å². The molecule has 1 N–H and O–H groups in total. The molecule has 0 saturated heterocycles. The summed E-state index contributed by atoms with van der Waals surface area (Å²) in [6.45, 7) is 3.15. The molecule has 0 amide bonds. The van der Waals surface area contributed by atoms with Gasteiger partial charge in [-0.1, -0.05) is 12.8 Å². The number of hydrogen-bond donors (Lipinski definition) is 1. The molecule has 2 rings (SSSR count). The second kappa shape index (κ2) is 3.58. The molecule has 0 aromatic heterocycles. The Morgan fingerprint density at radius 1 is 1.31 bits per heavy atom. The highest BCUT2D eigenvalue weighted by Gasteiger charge is 2.29. The van der Waals surface area contributed by atoms with Crippen LogP contribution < -0.4 is 0 Å². The number of aliphatic hydroxyl groups is 1. The Morgan fingerprint density at radius 2 is 2.08 bits per heavy atom. The van der Waals surface area contributed by atoms with Gasteiger partial charge in [-0.2, -0.15) is 0 Å². The van der Waals surface area contributed by atoms with Crippen LogP contribution in [-0.4, -0.2) is 34.1 Å². The van der Waals surface area contributed by atoms with E-state index in [0.717, 1.165) is 19.3 Å². The zero-order chi connectivity index (χ0) is 9.26. The van der Waals surface area contributed by atoms with Crippen molar-refractivity contribution < 1.29 is 5.11 Å². The fraction of sp³-hybridized carbons (Fsp3) is 0.700. The van der Waals surface area contributed by atoms with Gasteiger partial charge in [-0.25, -0.2) is 0 Å². The van der Waals surface area contributed by atoms with Crippen LogP contribution in [0.1, 0.15) is 25.7 Å². The van der Waals surface area contributed by atoms with E-state index in [9.17, 15) is 5.11 Å². The lowest BCUT2D eigenvalue weighted by atomic mass is 9.92. The zero-order valence-corrected chi connectivity index (χ0v) is 7.98. The number of aliphatic hydroxyl groups excluding tert-OH is 1. The molecular weight excluding hydrogens is 164 g/mol. The second-order valence-electron chi connectivity index (χ2n) is 3.84. The lowest BCUT2D eigenvalue weighted by Crippen LogP contribution is -2.41. The predicted molar refractivity (Wildman–Crippen MR) is 50.2 cm³/mol. The molecule has 1 aliphatic heterocycles. The summed E-state index contributed by atoms with van der Waals surface area (Å²) in [5.74, 6) is 0. The Balaban J connectivity index is 1.95. The van der Waals surface area contributed by atoms with Crippen molar-refractivity contribution >= 4 is 0 Å². The van der Waals surface area contributed by atoms with E-state index < -0.39 is 0 Å². The van der Waals surface area contributed by atoms with Gasteiger partial charge in [-0.05, 0) is 12.8 Å². The minimum atomic E-state index is -0.183. The standard InChI is InChI=1S/C10H16N2O/c1-11-6-7-12(8-11)9-4-2-3-5-10(9)13/h6-7,9-10,13H,2-5H2,1H3. The molecule has 2 aliphatic rings. The number of rotatable bonds is 1. The quantitative estimate of drug-likeness (QED) is 0.652. The third-order valence-corrected chi connectivity index (χ3v) is 2.78. The summed E-state index contributed by atoms with van der Waals surface area (Å²) in [6, 6.07) is 0.245. The summed E-state index contributed by atoms with van der Waals surface area (Å²) >= 11 is 0. The number of nitrogens with zero attached hydrogens (tertiary/aromatic N) is 2. The Labute approximate surface area is 79.6 Å². The summed E-state index contributed by atoms with van der Waals surface area (Å²) in [6.07, 6.45) is 8.15. The molecule has 1 saturated carbocycles. The molecule has 72 valence electrons. The van der Waals surface area contributed by atoms with E-state index in [4.69, 9.17) is 0 Å². The zero-order valence-electron chi connectivity index (χ0n) is 7.98. The van der Waals surface area contributed by atoms with Crippen LogP contribution in [0.25, 0.3) is 0 Å². The normalized spacial score (nSPS) is 34.3. The van der Waals surface area contributed by atoms with E-state index in [1.165, 1.54) is 6.42 Å². The van der Waals surface area contributed by atoms with Crippen molar-refractivity contribution in [1.82, 2.24) is 9.80 Å². The SMILES string of the molecule is CN1[C]N(C2CCCCC2O)C=C1. The Bertz CT molecular complexity index is 205. The highest BCUT2D eigenvalue weighted by molar-refractivity contribution is 5.00. The minimum absolute atomic E-state index is 0.183. The van der Waals surface area contributed by atoms with Gasteiger partial charge >= 0.3 is 0 Å². The molecule has 1 fully saturated rings. The molecule has 13 heavy (non-hydrogen) atoms. The first-order chi connectivity index (χ1) is 6.27. The van der Waals surface area contributed by atoms with Gasteiger partial charge in [0.1, 0.15) is 0 Å². The number of hydrogen-bond acceptors (Lipinski definition) is 3. The molecule has 2 atom stereocenters. The Kier molecular flexibility index (Phi) is 2.44. The topological polar surface area (TPSA) is 26.7 Å². The van der Waals surface area contributed by atoms with Gasteiger partial charge in [0.05, 0.1) is 12.1 Å². The molecule has 2 unspecified atom stereocenters. The summed E-state index contributed by atoms with van der Waals surface area (Å²) in [5, 5.41) is 9.78. The maximum absolute atomic E-state index is 9.78. The first-order valence-electron chi connectivity index (χ1n) is 4.91. The second-order valence-corrected chi connectivity index (χ2v) is 3.84. The monoisotopic (exact) mass is 180 g/mol. The van der Waals surface area contributed by atoms with Crippen molar-refractivity contribution in [3.05, 3.63) is 19.1 Å². The van der Waals surface area contributed by atoms with Crippen LogP contribution in [0.3, 0.4) is 0 Å². The third kappa shape index (κ3) is 1.80. The van der Waals surface area contributed by atoms with Gasteiger partial charge in [0.2, 0.25) is 6.67 Å². The van der Waals surface area contributed by atoms with Crippen molar-refractivity contribution in [2.24, 2.45) is 0 Å². The van der Waals surface area contributed by atoms with Crippen LogP contribution in [0, 0.1) is 6.67 Å². The molecule has 1 heterocycles. The summed E-state index contributed by atoms with van der Waals surface area (Å²) < 4.78 is 0. The van der Waals surface area contributed by atoms with Crippen molar-refractivity contribution in [3.63, 3.8) is 0 Å². The first-order valence-corrected chi connectivity index (χ1v) is 4.91. The minimum Gasteiger partial charge on any atom is -0.391 e. The summed E-state index contributed by atoms with van der Waals surface area (Å²) in [7, 11) is 1.95. The molecular formula is C10H16N2O. The lowest BCUT2D eigenvalue weighted by molar-refractivity contribution is 0.0493. The van der Waals surface area contributed by atoms with Crippen molar-refractivity contribution in [3.8, 4) is 0 Å².